The maximum absolute atomic E-state index is 11.5. The average molecular weight is 359 g/mol. The van der Waals surface area contributed by atoms with Gasteiger partial charge in [-0.2, -0.15) is 0 Å². The molecular formula is C23H34O3. The van der Waals surface area contributed by atoms with Crippen molar-refractivity contribution in [2.24, 2.45) is 23.7 Å². The van der Waals surface area contributed by atoms with Gasteiger partial charge in [-0.25, -0.2) is 0 Å². The molecule has 1 aliphatic heterocycles. The molecule has 0 aromatic rings. The van der Waals surface area contributed by atoms with E-state index >= 15 is 0 Å². The van der Waals surface area contributed by atoms with Crippen LogP contribution in [0.15, 0.2) is 35.5 Å². The average Bonchev–Trinajstić information content (AvgIpc) is 3.25. The highest BCUT2D eigenvalue weighted by molar-refractivity contribution is 5.92. The summed E-state index contributed by atoms with van der Waals surface area (Å²) in [5.41, 5.74) is 1.47. The number of rotatable bonds is 4. The number of carbonyl (C=O) groups is 1. The molecule has 3 heteroatoms. The fraction of sp³-hybridized carbons (Fsp3) is 0.696. The number of epoxide rings is 1. The van der Waals surface area contributed by atoms with Crippen LogP contribution >= 0.6 is 0 Å². The smallest absolute Gasteiger partial charge is 0.155 e. The molecule has 3 fully saturated rings. The third-order valence-corrected chi connectivity index (χ3v) is 7.20. The Balaban J connectivity index is 1.94. The Morgan fingerprint density at radius 1 is 1.19 bits per heavy atom. The Hall–Kier alpha value is -1.19. The van der Waals surface area contributed by atoms with Crippen molar-refractivity contribution in [3.63, 3.8) is 0 Å². The van der Waals surface area contributed by atoms with Gasteiger partial charge < -0.3 is 9.84 Å². The van der Waals surface area contributed by atoms with Crippen LogP contribution in [0.25, 0.3) is 0 Å². The van der Waals surface area contributed by atoms with Gasteiger partial charge in [-0.1, -0.05) is 29.9 Å². The zero-order valence-corrected chi connectivity index (χ0v) is 17.1. The number of Topliss-reactive ketones (excluding diaryl/α,β-unsaturated/α-hetero) is 1. The van der Waals surface area contributed by atoms with Crippen LogP contribution in [-0.2, 0) is 9.53 Å². The van der Waals surface area contributed by atoms with Crippen LogP contribution < -0.4 is 0 Å². The molecule has 0 amide bonds. The van der Waals surface area contributed by atoms with E-state index in [2.05, 4.69) is 39.0 Å². The molecule has 0 spiro atoms. The Kier molecular flexibility index (Phi) is 5.09. The van der Waals surface area contributed by atoms with Crippen LogP contribution in [0.5, 0.6) is 0 Å². The standard InChI is InChI=1S/C23H34O3/c1-7-14(2)20-18(10-8-9-15(3)16(4)24)17-11-12-22(5,25)13-19(17)21-23(20,6)26-21/h7-10,17-21,25H,11-13H2,1-6H3/b10-8+,14-7+,15-9+. The van der Waals surface area contributed by atoms with Crippen LogP contribution in [0.4, 0.5) is 0 Å². The van der Waals surface area contributed by atoms with Gasteiger partial charge >= 0.3 is 0 Å². The lowest BCUT2D eigenvalue weighted by Crippen LogP contribution is -2.50. The number of carbonyl (C=O) groups excluding carboxylic acids is 1. The SMILES string of the molecule is C/C=C(\C)C1C(/C=C/C=C(\C)C(C)=O)C2CCC(C)(O)CC2C2OC21C. The second-order valence-corrected chi connectivity index (χ2v) is 9.17. The van der Waals surface area contributed by atoms with Crippen LogP contribution in [-0.4, -0.2) is 28.2 Å². The van der Waals surface area contributed by atoms with Crippen molar-refractivity contribution in [3.8, 4) is 0 Å². The van der Waals surface area contributed by atoms with Crippen LogP contribution in [0.1, 0.15) is 60.8 Å². The fourth-order valence-corrected chi connectivity index (χ4v) is 5.53. The molecule has 1 heterocycles. The van der Waals surface area contributed by atoms with Gasteiger partial charge in [0.05, 0.1) is 17.3 Å². The van der Waals surface area contributed by atoms with Crippen molar-refractivity contribution < 1.29 is 14.6 Å². The molecule has 26 heavy (non-hydrogen) atoms. The highest BCUT2D eigenvalue weighted by Crippen LogP contribution is 2.64. The molecule has 2 aliphatic carbocycles. The molecule has 1 saturated heterocycles. The van der Waals surface area contributed by atoms with Gasteiger partial charge in [0.1, 0.15) is 0 Å². The first-order chi connectivity index (χ1) is 12.1. The molecule has 0 radical (unpaired) electrons. The summed E-state index contributed by atoms with van der Waals surface area (Å²) in [6.07, 6.45) is 11.5. The quantitative estimate of drug-likeness (QED) is 0.345. The number of allylic oxidation sites excluding steroid dienone is 5. The Labute approximate surface area is 158 Å². The summed E-state index contributed by atoms with van der Waals surface area (Å²) in [4.78, 5) is 11.5. The second kappa shape index (κ2) is 6.76. The van der Waals surface area contributed by atoms with E-state index in [0.717, 1.165) is 24.8 Å². The predicted molar refractivity (Wildman–Crippen MR) is 105 cm³/mol. The summed E-state index contributed by atoms with van der Waals surface area (Å²) in [6, 6.07) is 0. The van der Waals surface area contributed by atoms with Gasteiger partial charge in [0, 0.05) is 5.92 Å². The molecule has 0 aromatic carbocycles. The minimum atomic E-state index is -0.574. The van der Waals surface area contributed by atoms with Gasteiger partial charge in [-0.3, -0.25) is 4.79 Å². The van der Waals surface area contributed by atoms with E-state index in [4.69, 9.17) is 4.74 Å². The number of hydrogen-bond donors (Lipinski definition) is 1. The summed E-state index contributed by atoms with van der Waals surface area (Å²) in [5.74, 6) is 1.80. The Morgan fingerprint density at radius 2 is 1.88 bits per heavy atom. The number of fused-ring (bicyclic) bond motifs is 3. The van der Waals surface area contributed by atoms with E-state index in [1.54, 1.807) is 6.92 Å². The molecule has 2 saturated carbocycles. The lowest BCUT2D eigenvalue weighted by atomic mass is 9.55. The molecule has 1 N–H and O–H groups in total. The molecule has 3 rings (SSSR count). The molecule has 0 bridgehead atoms. The maximum Gasteiger partial charge on any atom is 0.155 e. The molecule has 3 aliphatic rings. The van der Waals surface area contributed by atoms with Crippen LogP contribution in [0, 0.1) is 23.7 Å². The third kappa shape index (κ3) is 3.36. The summed E-state index contributed by atoms with van der Waals surface area (Å²) in [5, 5.41) is 10.6. The normalized spacial score (nSPS) is 46.0. The van der Waals surface area contributed by atoms with Crippen molar-refractivity contribution in [1.82, 2.24) is 0 Å². The highest BCUT2D eigenvalue weighted by atomic mass is 16.6. The van der Waals surface area contributed by atoms with E-state index in [0.29, 0.717) is 23.7 Å². The Morgan fingerprint density at radius 3 is 2.50 bits per heavy atom. The molecular weight excluding hydrogens is 324 g/mol. The fourth-order valence-electron chi connectivity index (χ4n) is 5.53. The lowest BCUT2D eigenvalue weighted by molar-refractivity contribution is -0.113. The zero-order chi connectivity index (χ0) is 19.3. The first-order valence-electron chi connectivity index (χ1n) is 10.00. The van der Waals surface area contributed by atoms with E-state index in [9.17, 15) is 9.90 Å². The zero-order valence-electron chi connectivity index (χ0n) is 17.1. The van der Waals surface area contributed by atoms with Crippen molar-refractivity contribution in [1.29, 1.82) is 0 Å². The lowest BCUT2D eigenvalue weighted by Gasteiger charge is -2.48. The number of ether oxygens (including phenoxy) is 1. The summed E-state index contributed by atoms with van der Waals surface area (Å²) in [6.45, 7) is 12.0. The first-order valence-corrected chi connectivity index (χ1v) is 10.00. The Bertz CT molecular complexity index is 669. The van der Waals surface area contributed by atoms with Gasteiger partial charge in [0.15, 0.2) is 5.78 Å². The predicted octanol–water partition coefficient (Wildman–Crippen LogP) is 4.61. The van der Waals surface area contributed by atoms with Crippen molar-refractivity contribution in [2.45, 2.75) is 78.1 Å². The minimum Gasteiger partial charge on any atom is -0.390 e. The molecule has 3 nitrogen and oxygen atoms in total. The summed E-state index contributed by atoms with van der Waals surface area (Å²) in [7, 11) is 0. The monoisotopic (exact) mass is 358 g/mol. The van der Waals surface area contributed by atoms with Crippen LogP contribution in [0.3, 0.4) is 0 Å². The maximum atomic E-state index is 11.5. The molecule has 144 valence electrons. The minimum absolute atomic E-state index is 0.114. The van der Waals surface area contributed by atoms with Gasteiger partial charge in [0.2, 0.25) is 0 Å². The van der Waals surface area contributed by atoms with Crippen molar-refractivity contribution in [2.75, 3.05) is 0 Å². The highest BCUT2D eigenvalue weighted by Gasteiger charge is 2.69. The number of aliphatic hydroxyl groups is 1. The van der Waals surface area contributed by atoms with E-state index < -0.39 is 5.60 Å². The molecule has 7 unspecified atom stereocenters. The van der Waals surface area contributed by atoms with Crippen LogP contribution in [0.2, 0.25) is 0 Å². The summed E-state index contributed by atoms with van der Waals surface area (Å²) >= 11 is 0. The van der Waals surface area contributed by atoms with E-state index in [1.807, 2.05) is 19.9 Å². The van der Waals surface area contributed by atoms with Gasteiger partial charge in [0.25, 0.3) is 0 Å². The topological polar surface area (TPSA) is 49.8 Å². The van der Waals surface area contributed by atoms with Gasteiger partial charge in [-0.05, 0) is 84.1 Å². The largest absolute Gasteiger partial charge is 0.390 e. The second-order valence-electron chi connectivity index (χ2n) is 9.17. The molecule has 7 atom stereocenters. The number of hydrogen-bond acceptors (Lipinski definition) is 3. The van der Waals surface area contributed by atoms with E-state index in [1.165, 1.54) is 5.57 Å². The van der Waals surface area contributed by atoms with Crippen molar-refractivity contribution >= 4 is 5.78 Å². The van der Waals surface area contributed by atoms with Crippen molar-refractivity contribution in [3.05, 3.63) is 35.5 Å². The first kappa shape index (κ1) is 19.6. The van der Waals surface area contributed by atoms with E-state index in [-0.39, 0.29) is 17.5 Å². The number of ketones is 1. The van der Waals surface area contributed by atoms with Gasteiger partial charge in [-0.15, -0.1) is 0 Å². The molecule has 0 aromatic heterocycles. The third-order valence-electron chi connectivity index (χ3n) is 7.20. The summed E-state index contributed by atoms with van der Waals surface area (Å²) < 4.78 is 6.30.